The van der Waals surface area contributed by atoms with Gasteiger partial charge in [-0.25, -0.2) is 4.39 Å². The third kappa shape index (κ3) is 6.12. The zero-order valence-electron chi connectivity index (χ0n) is 17.0. The minimum atomic E-state index is -0.335. The molecule has 2 aromatic rings. The summed E-state index contributed by atoms with van der Waals surface area (Å²) in [5.41, 5.74) is 2.53. The van der Waals surface area contributed by atoms with Crippen molar-refractivity contribution in [2.24, 2.45) is 5.92 Å². The van der Waals surface area contributed by atoms with Crippen LogP contribution in [-0.2, 0) is 11.2 Å². The number of hydrogen-bond donors (Lipinski definition) is 1. The maximum Gasteiger partial charge on any atom is 0.253 e. The first-order chi connectivity index (χ1) is 13.9. The maximum atomic E-state index is 12.9. The van der Waals surface area contributed by atoms with Gasteiger partial charge in [0.05, 0.1) is 6.54 Å². The van der Waals surface area contributed by atoms with Crippen LogP contribution in [0.1, 0.15) is 29.8 Å². The van der Waals surface area contributed by atoms with E-state index in [0.717, 1.165) is 6.42 Å². The number of rotatable bonds is 6. The van der Waals surface area contributed by atoms with Crippen LogP contribution in [-0.4, -0.2) is 54.3 Å². The minimum Gasteiger partial charge on any atom is -0.336 e. The summed E-state index contributed by atoms with van der Waals surface area (Å²) in [7, 11) is 0. The van der Waals surface area contributed by atoms with Gasteiger partial charge in [-0.2, -0.15) is 0 Å². The molecule has 1 heterocycles. The SMILES string of the molecule is CC(C)Cc1ccc(C(=O)N2CCN(CC(=O)Nc3ccc(F)cc3)CC2)cc1. The Balaban J connectivity index is 1.46. The molecule has 0 atom stereocenters. The lowest BCUT2D eigenvalue weighted by atomic mass is 10.0. The van der Waals surface area contributed by atoms with Gasteiger partial charge in [-0.15, -0.1) is 0 Å². The van der Waals surface area contributed by atoms with E-state index in [1.807, 2.05) is 34.1 Å². The fraction of sp³-hybridized carbons (Fsp3) is 0.391. The standard InChI is InChI=1S/C23H28FN3O2/c1-17(2)15-18-3-5-19(6-4-18)23(29)27-13-11-26(12-14-27)16-22(28)25-21-9-7-20(24)8-10-21/h3-10,17H,11-16H2,1-2H3,(H,25,28). The van der Waals surface area contributed by atoms with E-state index < -0.39 is 0 Å². The third-order valence-corrected chi connectivity index (χ3v) is 5.00. The number of benzene rings is 2. The van der Waals surface area contributed by atoms with Gasteiger partial charge in [0.2, 0.25) is 5.91 Å². The van der Waals surface area contributed by atoms with Gasteiger partial charge in [-0.3, -0.25) is 14.5 Å². The molecule has 0 aromatic heterocycles. The fourth-order valence-electron chi connectivity index (χ4n) is 3.48. The average Bonchev–Trinajstić information content (AvgIpc) is 2.70. The van der Waals surface area contributed by atoms with Crippen molar-refractivity contribution in [2.75, 3.05) is 38.0 Å². The molecule has 2 amide bonds. The number of nitrogens with one attached hydrogen (secondary N) is 1. The number of carbonyl (C=O) groups is 2. The molecule has 1 aliphatic heterocycles. The second kappa shape index (κ2) is 9.65. The largest absolute Gasteiger partial charge is 0.336 e. The number of halogens is 1. The lowest BCUT2D eigenvalue weighted by Gasteiger charge is -2.34. The molecule has 1 saturated heterocycles. The van der Waals surface area contributed by atoms with Crippen LogP contribution in [0.5, 0.6) is 0 Å². The van der Waals surface area contributed by atoms with Crippen LogP contribution in [0.25, 0.3) is 0 Å². The van der Waals surface area contributed by atoms with Gasteiger partial charge in [-0.05, 0) is 54.3 Å². The van der Waals surface area contributed by atoms with Gasteiger partial charge >= 0.3 is 0 Å². The normalized spacial score (nSPS) is 14.8. The van der Waals surface area contributed by atoms with Crippen molar-refractivity contribution in [1.29, 1.82) is 0 Å². The predicted octanol–water partition coefficient (Wildman–Crippen LogP) is 3.42. The molecule has 6 heteroatoms. The van der Waals surface area contributed by atoms with E-state index in [0.29, 0.717) is 43.3 Å². The Morgan fingerprint density at radius 2 is 1.59 bits per heavy atom. The van der Waals surface area contributed by atoms with Crippen molar-refractivity contribution in [3.63, 3.8) is 0 Å². The smallest absolute Gasteiger partial charge is 0.253 e. The summed E-state index contributed by atoms with van der Waals surface area (Å²) in [5.74, 6) is 0.150. The molecule has 1 fully saturated rings. The first kappa shape index (κ1) is 21.0. The van der Waals surface area contributed by atoms with E-state index in [9.17, 15) is 14.0 Å². The lowest BCUT2D eigenvalue weighted by Crippen LogP contribution is -2.50. The second-order valence-electron chi connectivity index (χ2n) is 7.92. The molecule has 5 nitrogen and oxygen atoms in total. The highest BCUT2D eigenvalue weighted by Crippen LogP contribution is 2.13. The quantitative estimate of drug-likeness (QED) is 0.813. The van der Waals surface area contributed by atoms with Crippen LogP contribution in [0.2, 0.25) is 0 Å². The number of hydrogen-bond acceptors (Lipinski definition) is 3. The van der Waals surface area contributed by atoms with Crippen molar-refractivity contribution < 1.29 is 14.0 Å². The number of anilines is 1. The van der Waals surface area contributed by atoms with E-state index in [4.69, 9.17) is 0 Å². The molecular formula is C23H28FN3O2. The second-order valence-corrected chi connectivity index (χ2v) is 7.92. The van der Waals surface area contributed by atoms with E-state index in [-0.39, 0.29) is 24.2 Å². The summed E-state index contributed by atoms with van der Waals surface area (Å²) in [4.78, 5) is 28.8. The van der Waals surface area contributed by atoms with E-state index in [1.165, 1.54) is 29.8 Å². The summed E-state index contributed by atoms with van der Waals surface area (Å²) < 4.78 is 12.9. The van der Waals surface area contributed by atoms with Gasteiger partial charge in [-0.1, -0.05) is 26.0 Å². The molecule has 0 spiro atoms. The summed E-state index contributed by atoms with van der Waals surface area (Å²) in [6, 6.07) is 13.6. The first-order valence-corrected chi connectivity index (χ1v) is 10.1. The van der Waals surface area contributed by atoms with Crippen LogP contribution in [0, 0.1) is 11.7 Å². The molecule has 0 bridgehead atoms. The number of piperazine rings is 1. The van der Waals surface area contributed by atoms with Crippen LogP contribution in [0.3, 0.4) is 0 Å². The summed E-state index contributed by atoms with van der Waals surface area (Å²) in [6.45, 7) is 7.09. The molecule has 154 valence electrons. The van der Waals surface area contributed by atoms with Crippen LogP contribution < -0.4 is 5.32 Å². The summed E-state index contributed by atoms with van der Waals surface area (Å²) in [6.07, 6.45) is 1.01. The van der Waals surface area contributed by atoms with Gasteiger partial charge in [0.15, 0.2) is 0 Å². The summed E-state index contributed by atoms with van der Waals surface area (Å²) in [5, 5.41) is 2.77. The van der Waals surface area contributed by atoms with Crippen molar-refractivity contribution in [2.45, 2.75) is 20.3 Å². The number of carbonyl (C=O) groups excluding carboxylic acids is 2. The van der Waals surface area contributed by atoms with Crippen LogP contribution in [0.4, 0.5) is 10.1 Å². The Morgan fingerprint density at radius 3 is 2.17 bits per heavy atom. The Hall–Kier alpha value is -2.73. The van der Waals surface area contributed by atoms with Gasteiger partial charge < -0.3 is 10.2 Å². The summed E-state index contributed by atoms with van der Waals surface area (Å²) >= 11 is 0. The topological polar surface area (TPSA) is 52.7 Å². The average molecular weight is 397 g/mol. The minimum absolute atomic E-state index is 0.0384. The van der Waals surface area contributed by atoms with E-state index in [2.05, 4.69) is 19.2 Å². The number of nitrogens with zero attached hydrogens (tertiary/aromatic N) is 2. The lowest BCUT2D eigenvalue weighted by molar-refractivity contribution is -0.117. The van der Waals surface area contributed by atoms with Gasteiger partial charge in [0, 0.05) is 37.4 Å². The highest BCUT2D eigenvalue weighted by molar-refractivity contribution is 5.94. The molecule has 0 saturated carbocycles. The van der Waals surface area contributed by atoms with Gasteiger partial charge in [0.25, 0.3) is 5.91 Å². The molecule has 0 unspecified atom stereocenters. The monoisotopic (exact) mass is 397 g/mol. The Morgan fingerprint density at radius 1 is 0.966 bits per heavy atom. The molecule has 29 heavy (non-hydrogen) atoms. The Bertz CT molecular complexity index is 826. The zero-order valence-corrected chi connectivity index (χ0v) is 17.0. The zero-order chi connectivity index (χ0) is 20.8. The van der Waals surface area contributed by atoms with Crippen molar-refractivity contribution in [3.05, 3.63) is 65.5 Å². The molecule has 2 aromatic carbocycles. The maximum absolute atomic E-state index is 12.9. The van der Waals surface area contributed by atoms with Crippen molar-refractivity contribution in [3.8, 4) is 0 Å². The van der Waals surface area contributed by atoms with E-state index in [1.54, 1.807) is 0 Å². The Labute approximate surface area is 171 Å². The van der Waals surface area contributed by atoms with E-state index >= 15 is 0 Å². The third-order valence-electron chi connectivity index (χ3n) is 5.00. The first-order valence-electron chi connectivity index (χ1n) is 10.1. The fourth-order valence-corrected chi connectivity index (χ4v) is 3.48. The van der Waals surface area contributed by atoms with Crippen molar-refractivity contribution >= 4 is 17.5 Å². The van der Waals surface area contributed by atoms with Crippen molar-refractivity contribution in [1.82, 2.24) is 9.80 Å². The van der Waals surface area contributed by atoms with Crippen LogP contribution in [0.15, 0.2) is 48.5 Å². The van der Waals surface area contributed by atoms with Crippen LogP contribution >= 0.6 is 0 Å². The molecule has 1 aliphatic rings. The number of amides is 2. The highest BCUT2D eigenvalue weighted by atomic mass is 19.1. The molecule has 3 rings (SSSR count). The Kier molecular flexibility index (Phi) is 6.99. The molecule has 1 N–H and O–H groups in total. The highest BCUT2D eigenvalue weighted by Gasteiger charge is 2.23. The molecule has 0 radical (unpaired) electrons. The predicted molar refractivity (Wildman–Crippen MR) is 112 cm³/mol. The molecule has 0 aliphatic carbocycles. The van der Waals surface area contributed by atoms with Gasteiger partial charge in [0.1, 0.15) is 5.82 Å². The molecular weight excluding hydrogens is 369 g/mol.